The summed E-state index contributed by atoms with van der Waals surface area (Å²) >= 11 is 2.60. The molecule has 0 bridgehead atoms. The molecule has 0 saturated heterocycles. The predicted molar refractivity (Wildman–Crippen MR) is 118 cm³/mol. The monoisotopic (exact) mass is 480 g/mol. The van der Waals surface area contributed by atoms with Crippen LogP contribution in [0.3, 0.4) is 0 Å². The van der Waals surface area contributed by atoms with Crippen LogP contribution in [-0.4, -0.2) is 37.6 Å². The van der Waals surface area contributed by atoms with Crippen molar-refractivity contribution in [1.82, 2.24) is 4.98 Å². The van der Waals surface area contributed by atoms with E-state index >= 15 is 0 Å². The second kappa shape index (κ2) is 8.56. The molecule has 3 aromatic heterocycles. The van der Waals surface area contributed by atoms with Gasteiger partial charge in [-0.2, -0.15) is 0 Å². The first-order valence-corrected chi connectivity index (χ1v) is 13.1. The van der Waals surface area contributed by atoms with Crippen LogP contribution >= 0.6 is 22.7 Å². The van der Waals surface area contributed by atoms with Crippen LogP contribution < -0.4 is 5.32 Å². The lowest BCUT2D eigenvalue weighted by Crippen LogP contribution is -2.20. The molecule has 4 rings (SSSR count). The van der Waals surface area contributed by atoms with E-state index in [1.54, 1.807) is 13.8 Å². The van der Waals surface area contributed by atoms with Crippen LogP contribution in [0.15, 0.2) is 21.9 Å². The standard InChI is InChI=1S/C20H20N2O6S3/c1-3-27-20(24)17-12-6-8-31(25,26)10-15(12)30-19(17)22-16(23)9-13-11(2)28-18(21-13)14-5-4-7-29-14/h4-5,7H,3,6,8-10H2,1-2H3,(H,22,23). The molecule has 1 N–H and O–H groups in total. The first-order chi connectivity index (χ1) is 14.8. The fourth-order valence-corrected chi connectivity index (χ4v) is 7.05. The van der Waals surface area contributed by atoms with Crippen molar-refractivity contribution in [2.24, 2.45) is 0 Å². The van der Waals surface area contributed by atoms with Gasteiger partial charge in [-0.3, -0.25) is 4.79 Å². The minimum absolute atomic E-state index is 0.0276. The molecule has 0 aliphatic carbocycles. The van der Waals surface area contributed by atoms with E-state index in [-0.39, 0.29) is 42.4 Å². The highest BCUT2D eigenvalue weighted by atomic mass is 32.2. The van der Waals surface area contributed by atoms with Crippen LogP contribution in [0.2, 0.25) is 0 Å². The molecule has 8 nitrogen and oxygen atoms in total. The van der Waals surface area contributed by atoms with Crippen molar-refractivity contribution < 1.29 is 27.2 Å². The molecule has 1 aliphatic rings. The van der Waals surface area contributed by atoms with E-state index in [1.165, 1.54) is 11.3 Å². The summed E-state index contributed by atoms with van der Waals surface area (Å²) in [5.41, 5.74) is 1.40. The average molecular weight is 481 g/mol. The Morgan fingerprint density at radius 3 is 2.87 bits per heavy atom. The highest BCUT2D eigenvalue weighted by Gasteiger charge is 2.32. The van der Waals surface area contributed by atoms with Gasteiger partial charge in [-0.25, -0.2) is 18.2 Å². The summed E-state index contributed by atoms with van der Waals surface area (Å²) < 4.78 is 34.9. The lowest BCUT2D eigenvalue weighted by atomic mass is 10.1. The number of sulfone groups is 1. The molecule has 3 aromatic rings. The normalized spacial score (nSPS) is 14.8. The Kier molecular flexibility index (Phi) is 6.00. The molecular formula is C20H20N2O6S3. The second-order valence-electron chi connectivity index (χ2n) is 6.99. The topological polar surface area (TPSA) is 116 Å². The molecular weight excluding hydrogens is 460 g/mol. The summed E-state index contributed by atoms with van der Waals surface area (Å²) in [6.07, 6.45) is 0.189. The van der Waals surface area contributed by atoms with E-state index in [2.05, 4.69) is 10.3 Å². The largest absolute Gasteiger partial charge is 0.462 e. The van der Waals surface area contributed by atoms with Gasteiger partial charge in [0.15, 0.2) is 9.84 Å². The van der Waals surface area contributed by atoms with Crippen LogP contribution in [0.4, 0.5) is 5.00 Å². The number of nitrogens with one attached hydrogen (secondary N) is 1. The number of rotatable bonds is 6. The van der Waals surface area contributed by atoms with E-state index in [4.69, 9.17) is 9.15 Å². The molecule has 0 aromatic carbocycles. The molecule has 1 aliphatic heterocycles. The molecule has 4 heterocycles. The number of thiophene rings is 2. The smallest absolute Gasteiger partial charge is 0.341 e. The Hall–Kier alpha value is -2.50. The highest BCUT2D eigenvalue weighted by molar-refractivity contribution is 7.90. The van der Waals surface area contributed by atoms with Crippen LogP contribution in [0.5, 0.6) is 0 Å². The van der Waals surface area contributed by atoms with Crippen molar-refractivity contribution in [3.63, 3.8) is 0 Å². The number of ether oxygens (including phenoxy) is 1. The third-order valence-corrected chi connectivity index (χ3v) is 8.53. The van der Waals surface area contributed by atoms with Gasteiger partial charge in [0.2, 0.25) is 11.8 Å². The van der Waals surface area contributed by atoms with Gasteiger partial charge in [-0.1, -0.05) is 6.07 Å². The number of nitrogens with zero attached hydrogens (tertiary/aromatic N) is 1. The van der Waals surface area contributed by atoms with Gasteiger partial charge in [0.25, 0.3) is 0 Å². The van der Waals surface area contributed by atoms with E-state index in [1.807, 2.05) is 17.5 Å². The molecule has 0 unspecified atom stereocenters. The quantitative estimate of drug-likeness (QED) is 0.536. The van der Waals surface area contributed by atoms with E-state index in [0.717, 1.165) is 16.2 Å². The Bertz CT molecular complexity index is 1240. The average Bonchev–Trinajstić information content (AvgIpc) is 3.40. The number of aromatic nitrogens is 1. The van der Waals surface area contributed by atoms with Gasteiger partial charge >= 0.3 is 5.97 Å². The minimum atomic E-state index is -3.21. The van der Waals surface area contributed by atoms with Crippen LogP contribution in [0.25, 0.3) is 10.8 Å². The SMILES string of the molecule is CCOC(=O)c1c(NC(=O)Cc2nc(-c3cccs3)oc2C)sc2c1CCS(=O)(=O)C2. The van der Waals surface area contributed by atoms with Gasteiger partial charge in [0.05, 0.1) is 40.7 Å². The number of oxazole rings is 1. The lowest BCUT2D eigenvalue weighted by molar-refractivity contribution is -0.115. The molecule has 0 fully saturated rings. The Morgan fingerprint density at radius 2 is 2.16 bits per heavy atom. The van der Waals surface area contributed by atoms with Gasteiger partial charge in [0, 0.05) is 4.88 Å². The maximum Gasteiger partial charge on any atom is 0.341 e. The maximum absolute atomic E-state index is 12.7. The molecule has 0 saturated carbocycles. The van der Waals surface area contributed by atoms with Crippen molar-refractivity contribution in [1.29, 1.82) is 0 Å². The number of aryl methyl sites for hydroxylation is 1. The Morgan fingerprint density at radius 1 is 1.35 bits per heavy atom. The maximum atomic E-state index is 12.7. The summed E-state index contributed by atoms with van der Waals surface area (Å²) in [4.78, 5) is 31.2. The first-order valence-electron chi connectivity index (χ1n) is 9.59. The van der Waals surface area contributed by atoms with E-state index < -0.39 is 15.8 Å². The number of carbonyl (C=O) groups is 2. The molecule has 31 heavy (non-hydrogen) atoms. The van der Waals surface area contributed by atoms with Crippen molar-refractivity contribution in [3.05, 3.63) is 45.0 Å². The summed E-state index contributed by atoms with van der Waals surface area (Å²) in [6, 6.07) is 3.78. The summed E-state index contributed by atoms with van der Waals surface area (Å²) in [6.45, 7) is 3.61. The number of carbonyl (C=O) groups excluding carboxylic acids is 2. The zero-order valence-corrected chi connectivity index (χ0v) is 19.3. The van der Waals surface area contributed by atoms with Crippen molar-refractivity contribution in [3.8, 4) is 10.8 Å². The van der Waals surface area contributed by atoms with Crippen molar-refractivity contribution in [2.75, 3.05) is 17.7 Å². The van der Waals surface area contributed by atoms with Crippen LogP contribution in [0, 0.1) is 6.92 Å². The lowest BCUT2D eigenvalue weighted by Gasteiger charge is -2.13. The number of anilines is 1. The molecule has 164 valence electrons. The molecule has 0 radical (unpaired) electrons. The molecule has 1 amide bonds. The number of hydrogen-bond acceptors (Lipinski definition) is 9. The van der Waals surface area contributed by atoms with Gasteiger partial charge in [-0.15, -0.1) is 22.7 Å². The number of fused-ring (bicyclic) bond motifs is 1. The summed E-state index contributed by atoms with van der Waals surface area (Å²) in [5.74, 6) is -0.101. The highest BCUT2D eigenvalue weighted by Crippen LogP contribution is 2.38. The molecule has 11 heteroatoms. The fraction of sp³-hybridized carbons (Fsp3) is 0.350. The van der Waals surface area contributed by atoms with Gasteiger partial charge in [0.1, 0.15) is 10.8 Å². The van der Waals surface area contributed by atoms with E-state index in [9.17, 15) is 18.0 Å². The summed E-state index contributed by atoms with van der Waals surface area (Å²) in [5, 5.41) is 4.98. The molecule has 0 spiro atoms. The third-order valence-electron chi connectivity index (χ3n) is 4.79. The Labute approximate surface area is 187 Å². The van der Waals surface area contributed by atoms with Crippen molar-refractivity contribution >= 4 is 49.4 Å². The first kappa shape index (κ1) is 21.7. The zero-order valence-electron chi connectivity index (χ0n) is 16.9. The van der Waals surface area contributed by atoms with Crippen LogP contribution in [-0.2, 0) is 38.0 Å². The Balaban J connectivity index is 1.58. The zero-order chi connectivity index (χ0) is 22.2. The van der Waals surface area contributed by atoms with Crippen molar-refractivity contribution in [2.45, 2.75) is 32.4 Å². The minimum Gasteiger partial charge on any atom is -0.462 e. The number of esters is 1. The second-order valence-corrected chi connectivity index (χ2v) is 11.2. The van der Waals surface area contributed by atoms with Gasteiger partial charge < -0.3 is 14.5 Å². The summed E-state index contributed by atoms with van der Waals surface area (Å²) in [7, 11) is -3.21. The molecule has 0 atom stereocenters. The third kappa shape index (κ3) is 4.58. The van der Waals surface area contributed by atoms with E-state index in [0.29, 0.717) is 32.8 Å². The van der Waals surface area contributed by atoms with Gasteiger partial charge in [-0.05, 0) is 37.3 Å². The number of hydrogen-bond donors (Lipinski definition) is 1. The van der Waals surface area contributed by atoms with Crippen LogP contribution in [0.1, 0.15) is 39.2 Å². The fourth-order valence-electron chi connectivity index (χ4n) is 3.35. The predicted octanol–water partition coefficient (Wildman–Crippen LogP) is 3.60. The number of amides is 1.